The molecular weight excluding hydrogens is 247 g/mol. The Morgan fingerprint density at radius 2 is 1.94 bits per heavy atom. The van der Waals surface area contributed by atoms with Gasteiger partial charge in [-0.3, -0.25) is 4.79 Å². The van der Waals surface area contributed by atoms with Gasteiger partial charge in [-0.2, -0.15) is 13.2 Å². The van der Waals surface area contributed by atoms with Gasteiger partial charge in [0.1, 0.15) is 0 Å². The highest BCUT2D eigenvalue weighted by atomic mass is 19.4. The summed E-state index contributed by atoms with van der Waals surface area (Å²) in [6, 6.07) is 4.70. The molecule has 2 unspecified atom stereocenters. The highest BCUT2D eigenvalue weighted by Gasteiger charge is 2.42. The van der Waals surface area contributed by atoms with Gasteiger partial charge in [-0.25, -0.2) is 0 Å². The average Bonchev–Trinajstić information content (AvgIpc) is 3.05. The second kappa shape index (κ2) is 4.51. The number of anilines is 1. The number of aliphatic carboxylic acids is 1. The van der Waals surface area contributed by atoms with Crippen molar-refractivity contribution in [1.29, 1.82) is 0 Å². The quantitative estimate of drug-likeness (QED) is 0.874. The summed E-state index contributed by atoms with van der Waals surface area (Å²) in [5.41, 5.74) is -0.123. The maximum absolute atomic E-state index is 12.3. The van der Waals surface area contributed by atoms with E-state index in [1.807, 2.05) is 0 Å². The highest BCUT2D eigenvalue weighted by Crippen LogP contribution is 2.38. The lowest BCUT2D eigenvalue weighted by Crippen LogP contribution is -2.09. The van der Waals surface area contributed by atoms with Gasteiger partial charge in [0, 0.05) is 12.2 Å². The molecule has 3 nitrogen and oxygen atoms in total. The van der Waals surface area contributed by atoms with Gasteiger partial charge in [-0.15, -0.1) is 0 Å². The maximum atomic E-state index is 12.3. The van der Waals surface area contributed by atoms with Crippen LogP contribution < -0.4 is 5.32 Å². The van der Waals surface area contributed by atoms with Crippen molar-refractivity contribution in [3.05, 3.63) is 29.8 Å². The van der Waals surface area contributed by atoms with E-state index in [2.05, 4.69) is 5.32 Å². The van der Waals surface area contributed by atoms with Crippen molar-refractivity contribution in [2.24, 2.45) is 11.8 Å². The van der Waals surface area contributed by atoms with Crippen LogP contribution in [-0.2, 0) is 11.0 Å². The standard InChI is InChI=1S/C12H12F3NO2/c13-12(14,15)8-1-3-9(4-2-8)16-6-7-5-10(7)11(17)18/h1-4,7,10,16H,5-6H2,(H,17,18). The van der Waals surface area contributed by atoms with Crippen molar-refractivity contribution in [3.63, 3.8) is 0 Å². The van der Waals surface area contributed by atoms with Crippen molar-refractivity contribution in [1.82, 2.24) is 0 Å². The molecule has 98 valence electrons. The highest BCUT2D eigenvalue weighted by molar-refractivity contribution is 5.73. The van der Waals surface area contributed by atoms with Gasteiger partial charge in [0.05, 0.1) is 11.5 Å². The maximum Gasteiger partial charge on any atom is 0.416 e. The molecule has 0 aliphatic heterocycles. The molecule has 2 atom stereocenters. The monoisotopic (exact) mass is 259 g/mol. The summed E-state index contributed by atoms with van der Waals surface area (Å²) in [6.07, 6.45) is -3.70. The Labute approximate surface area is 102 Å². The first kappa shape index (κ1) is 12.7. The molecule has 2 rings (SSSR count). The van der Waals surface area contributed by atoms with Crippen molar-refractivity contribution < 1.29 is 23.1 Å². The Balaban J connectivity index is 1.86. The Bertz CT molecular complexity index is 442. The minimum absolute atomic E-state index is 0.0739. The molecule has 18 heavy (non-hydrogen) atoms. The van der Waals surface area contributed by atoms with Crippen molar-refractivity contribution >= 4 is 11.7 Å². The van der Waals surface area contributed by atoms with Crippen molar-refractivity contribution in [3.8, 4) is 0 Å². The zero-order valence-electron chi connectivity index (χ0n) is 9.37. The van der Waals surface area contributed by atoms with Crippen LogP contribution in [-0.4, -0.2) is 17.6 Å². The molecule has 0 radical (unpaired) electrons. The Hall–Kier alpha value is -1.72. The van der Waals surface area contributed by atoms with E-state index in [0.717, 1.165) is 12.1 Å². The molecule has 0 heterocycles. The molecule has 1 aromatic rings. The number of halogens is 3. The Morgan fingerprint density at radius 3 is 2.39 bits per heavy atom. The predicted molar refractivity (Wildman–Crippen MR) is 59.2 cm³/mol. The molecule has 1 fully saturated rings. The molecular formula is C12H12F3NO2. The molecule has 1 saturated carbocycles. The van der Waals surface area contributed by atoms with E-state index in [1.165, 1.54) is 12.1 Å². The van der Waals surface area contributed by atoms with Crippen LogP contribution in [0.4, 0.5) is 18.9 Å². The lowest BCUT2D eigenvalue weighted by molar-refractivity contribution is -0.139. The van der Waals surface area contributed by atoms with E-state index >= 15 is 0 Å². The Kier molecular flexibility index (Phi) is 3.19. The summed E-state index contributed by atoms with van der Waals surface area (Å²) in [6.45, 7) is 0.475. The first-order chi connectivity index (χ1) is 8.38. The molecule has 0 spiro atoms. The zero-order chi connectivity index (χ0) is 13.3. The van der Waals surface area contributed by atoms with Crippen LogP contribution in [0.2, 0.25) is 0 Å². The number of carboxylic acids is 1. The van der Waals surface area contributed by atoms with E-state index in [4.69, 9.17) is 5.11 Å². The summed E-state index contributed by atoms with van der Waals surface area (Å²) >= 11 is 0. The molecule has 0 saturated heterocycles. The van der Waals surface area contributed by atoms with E-state index in [9.17, 15) is 18.0 Å². The molecule has 0 aromatic heterocycles. The molecule has 1 aliphatic carbocycles. The second-order valence-electron chi connectivity index (χ2n) is 4.40. The number of carboxylic acid groups (broad SMARTS) is 1. The van der Waals surface area contributed by atoms with E-state index < -0.39 is 17.7 Å². The molecule has 6 heteroatoms. The van der Waals surface area contributed by atoms with Crippen LogP contribution in [0, 0.1) is 11.8 Å². The zero-order valence-corrected chi connectivity index (χ0v) is 9.37. The Morgan fingerprint density at radius 1 is 1.33 bits per heavy atom. The van der Waals surface area contributed by atoms with Crippen LogP contribution >= 0.6 is 0 Å². The van der Waals surface area contributed by atoms with Crippen LogP contribution in [0.5, 0.6) is 0 Å². The SMILES string of the molecule is O=C(O)C1CC1CNc1ccc(C(F)(F)F)cc1. The number of alkyl halides is 3. The van der Waals surface area contributed by atoms with Crippen LogP contribution in [0.1, 0.15) is 12.0 Å². The summed E-state index contributed by atoms with van der Waals surface area (Å²) in [4.78, 5) is 10.6. The van der Waals surface area contributed by atoms with E-state index in [-0.39, 0.29) is 11.8 Å². The lowest BCUT2D eigenvalue weighted by atomic mass is 10.2. The summed E-state index contributed by atoms with van der Waals surface area (Å²) in [7, 11) is 0. The van der Waals surface area contributed by atoms with Gasteiger partial charge in [0.2, 0.25) is 0 Å². The normalized spacial score (nSPS) is 22.6. The van der Waals surface area contributed by atoms with E-state index in [1.54, 1.807) is 0 Å². The fraction of sp³-hybridized carbons (Fsp3) is 0.417. The third-order valence-corrected chi connectivity index (χ3v) is 3.02. The number of benzene rings is 1. The average molecular weight is 259 g/mol. The summed E-state index contributed by atoms with van der Waals surface area (Å²) in [5, 5.41) is 11.6. The second-order valence-corrected chi connectivity index (χ2v) is 4.40. The first-order valence-electron chi connectivity index (χ1n) is 5.52. The third-order valence-electron chi connectivity index (χ3n) is 3.02. The topological polar surface area (TPSA) is 49.3 Å². The van der Waals surface area contributed by atoms with Gasteiger partial charge in [-0.1, -0.05) is 0 Å². The van der Waals surface area contributed by atoms with Crippen LogP contribution in [0.25, 0.3) is 0 Å². The predicted octanol–water partition coefficient (Wildman–Crippen LogP) is 2.84. The van der Waals surface area contributed by atoms with Gasteiger partial charge < -0.3 is 10.4 Å². The van der Waals surface area contributed by atoms with Gasteiger partial charge in [-0.05, 0) is 36.6 Å². The molecule has 0 amide bonds. The molecule has 0 bridgehead atoms. The number of hydrogen-bond donors (Lipinski definition) is 2. The summed E-state index contributed by atoms with van der Waals surface area (Å²) < 4.78 is 36.9. The third kappa shape index (κ3) is 2.94. The van der Waals surface area contributed by atoms with Crippen molar-refractivity contribution in [2.45, 2.75) is 12.6 Å². The minimum Gasteiger partial charge on any atom is -0.481 e. The van der Waals surface area contributed by atoms with Crippen LogP contribution in [0.15, 0.2) is 24.3 Å². The molecule has 1 aliphatic rings. The fourth-order valence-electron chi connectivity index (χ4n) is 1.80. The van der Waals surface area contributed by atoms with E-state index in [0.29, 0.717) is 18.7 Å². The molecule has 1 aromatic carbocycles. The lowest BCUT2D eigenvalue weighted by Gasteiger charge is -2.09. The summed E-state index contributed by atoms with van der Waals surface area (Å²) in [5.74, 6) is -1.05. The minimum atomic E-state index is -4.33. The first-order valence-corrected chi connectivity index (χ1v) is 5.52. The smallest absolute Gasteiger partial charge is 0.416 e. The van der Waals surface area contributed by atoms with Gasteiger partial charge >= 0.3 is 12.1 Å². The number of rotatable bonds is 4. The number of hydrogen-bond acceptors (Lipinski definition) is 2. The number of carbonyl (C=O) groups is 1. The number of nitrogens with one attached hydrogen (secondary N) is 1. The van der Waals surface area contributed by atoms with Gasteiger partial charge in [0.15, 0.2) is 0 Å². The molecule has 2 N–H and O–H groups in total. The van der Waals surface area contributed by atoms with Crippen molar-refractivity contribution in [2.75, 3.05) is 11.9 Å². The van der Waals surface area contributed by atoms with Gasteiger partial charge in [0.25, 0.3) is 0 Å². The largest absolute Gasteiger partial charge is 0.481 e. The van der Waals surface area contributed by atoms with Crippen LogP contribution in [0.3, 0.4) is 0 Å². The fourth-order valence-corrected chi connectivity index (χ4v) is 1.80.